The first-order valence-electron chi connectivity index (χ1n) is 6.63. The fourth-order valence-corrected chi connectivity index (χ4v) is 1.74. The van der Waals surface area contributed by atoms with E-state index in [2.05, 4.69) is 13.8 Å². The molecule has 0 saturated heterocycles. The number of hydrogen-bond donors (Lipinski definition) is 0. The van der Waals surface area contributed by atoms with Gasteiger partial charge >= 0.3 is 5.97 Å². The molecule has 3 nitrogen and oxygen atoms in total. The highest BCUT2D eigenvalue weighted by atomic mass is 31.1. The monoisotopic (exact) mass is 276 g/mol. The van der Waals surface area contributed by atoms with Crippen molar-refractivity contribution in [2.24, 2.45) is 5.92 Å². The molecule has 0 saturated carbocycles. The zero-order valence-electron chi connectivity index (χ0n) is 12.9. The number of Topliss-reactive ketones (excluding diaryl/α,β-unsaturated/α-hetero) is 1. The summed E-state index contributed by atoms with van der Waals surface area (Å²) in [4.78, 5) is 22.4. The molecule has 0 spiro atoms. The lowest BCUT2D eigenvalue weighted by atomic mass is 10.0. The summed E-state index contributed by atoms with van der Waals surface area (Å²) in [6.45, 7) is 13.0. The average Bonchev–Trinajstić information content (AvgIpc) is 2.17. The van der Waals surface area contributed by atoms with Crippen LogP contribution in [0.1, 0.15) is 54.9 Å². The summed E-state index contributed by atoms with van der Waals surface area (Å²) in [6.07, 6.45) is 3.25. The summed E-state index contributed by atoms with van der Waals surface area (Å²) in [6, 6.07) is 0. The number of rotatable bonds is 5. The van der Waals surface area contributed by atoms with E-state index in [4.69, 9.17) is 4.74 Å². The van der Waals surface area contributed by atoms with E-state index in [1.807, 2.05) is 0 Å². The maximum absolute atomic E-state index is 11.4. The van der Waals surface area contributed by atoms with E-state index in [0.717, 1.165) is 0 Å². The van der Waals surface area contributed by atoms with Crippen LogP contribution >= 0.6 is 8.58 Å². The lowest BCUT2D eigenvalue weighted by molar-refractivity contribution is -0.161. The molecule has 0 aromatic rings. The highest BCUT2D eigenvalue weighted by Crippen LogP contribution is 2.14. The van der Waals surface area contributed by atoms with E-state index in [9.17, 15) is 9.59 Å². The second-order valence-corrected chi connectivity index (χ2v) is 6.98. The molecule has 1 unspecified atom stereocenters. The van der Waals surface area contributed by atoms with Crippen molar-refractivity contribution in [2.45, 2.75) is 60.5 Å². The van der Waals surface area contributed by atoms with E-state index < -0.39 is 17.5 Å². The van der Waals surface area contributed by atoms with Crippen LogP contribution in [0.4, 0.5) is 0 Å². The smallest absolute Gasteiger partial charge is 0.316 e. The normalized spacial score (nSPS) is 12.2. The highest BCUT2D eigenvalue weighted by Gasteiger charge is 2.26. The molecule has 0 heterocycles. The van der Waals surface area contributed by atoms with Crippen LogP contribution in [0.5, 0.6) is 0 Å². The molecular weight excluding hydrogens is 247 g/mol. The molecule has 0 aliphatic heterocycles. The minimum atomic E-state index is -0.598. The highest BCUT2D eigenvalue weighted by molar-refractivity contribution is 7.37. The first-order chi connectivity index (χ1) is 8.19. The van der Waals surface area contributed by atoms with Gasteiger partial charge in [0.1, 0.15) is 17.3 Å². The predicted octanol–water partition coefficient (Wildman–Crippen LogP) is 3.65. The minimum Gasteiger partial charge on any atom is -0.459 e. The Labute approximate surface area is 114 Å². The Bertz CT molecular complexity index is 242. The summed E-state index contributed by atoms with van der Waals surface area (Å²) in [7, 11) is 1.20. The van der Waals surface area contributed by atoms with Crippen LogP contribution in [0.3, 0.4) is 0 Å². The molecule has 0 aliphatic carbocycles. The third-order valence-electron chi connectivity index (χ3n) is 2.09. The third-order valence-corrected chi connectivity index (χ3v) is 3.09. The predicted molar refractivity (Wildman–Crippen MR) is 79.7 cm³/mol. The molecule has 108 valence electrons. The van der Waals surface area contributed by atoms with Crippen molar-refractivity contribution in [1.29, 1.82) is 0 Å². The summed E-state index contributed by atoms with van der Waals surface area (Å²) in [5.41, 5.74) is -0.514. The zero-order valence-corrected chi connectivity index (χ0v) is 13.9. The lowest BCUT2D eigenvalue weighted by Crippen LogP contribution is -2.31. The molecule has 4 heteroatoms. The van der Waals surface area contributed by atoms with Crippen molar-refractivity contribution in [1.82, 2.24) is 0 Å². The van der Waals surface area contributed by atoms with Gasteiger partial charge in [-0.3, -0.25) is 9.59 Å². The Morgan fingerprint density at radius 1 is 1.11 bits per heavy atom. The first kappa shape index (κ1) is 19.9. The minimum absolute atomic E-state index is 0.128. The van der Waals surface area contributed by atoms with E-state index in [0.29, 0.717) is 6.42 Å². The second kappa shape index (κ2) is 10.5. The maximum atomic E-state index is 11.4. The molecule has 0 radical (unpaired) electrons. The van der Waals surface area contributed by atoms with Crippen LogP contribution in [-0.2, 0) is 14.3 Å². The van der Waals surface area contributed by atoms with Crippen LogP contribution < -0.4 is 0 Å². The van der Waals surface area contributed by atoms with Crippen LogP contribution in [0.2, 0.25) is 0 Å². The van der Waals surface area contributed by atoms with Gasteiger partial charge in [0, 0.05) is 0 Å². The second-order valence-electron chi connectivity index (χ2n) is 5.06. The average molecular weight is 276 g/mol. The van der Waals surface area contributed by atoms with Gasteiger partial charge in [0.05, 0.1) is 0 Å². The molecule has 0 fully saturated rings. The van der Waals surface area contributed by atoms with Crippen molar-refractivity contribution >= 4 is 20.3 Å². The van der Waals surface area contributed by atoms with Crippen LogP contribution in [0.25, 0.3) is 0 Å². The van der Waals surface area contributed by atoms with Gasteiger partial charge in [-0.25, -0.2) is 0 Å². The van der Waals surface area contributed by atoms with Crippen LogP contribution in [0, 0.1) is 5.92 Å². The molecule has 0 aliphatic rings. The Hall–Kier alpha value is -0.430. The molecule has 0 N–H and O–H groups in total. The van der Waals surface area contributed by atoms with Crippen molar-refractivity contribution in [2.75, 3.05) is 12.3 Å². The van der Waals surface area contributed by atoms with Gasteiger partial charge in [0.15, 0.2) is 0 Å². The van der Waals surface area contributed by atoms with E-state index >= 15 is 0 Å². The summed E-state index contributed by atoms with van der Waals surface area (Å²) in [5.74, 6) is -1.14. The number of carbonyl (C=O) groups excluding carboxylic acids is 2. The van der Waals surface area contributed by atoms with Crippen molar-refractivity contribution < 1.29 is 14.3 Å². The quantitative estimate of drug-likeness (QED) is 0.437. The van der Waals surface area contributed by atoms with Gasteiger partial charge in [-0.1, -0.05) is 20.8 Å². The Kier molecular flexibility index (Phi) is 11.6. The molecule has 0 bridgehead atoms. The van der Waals surface area contributed by atoms with Gasteiger partial charge in [-0.2, -0.15) is 0 Å². The first-order valence-corrected chi connectivity index (χ1v) is 8.04. The standard InChI is InChI=1S/C10H18O3.C4H11P/c1-6-8(7(2)11)9(12)13-10(3,4)5;1-3-5-4-2/h8H,6H2,1-5H3;5H,3-4H2,1-2H3. The number of ketones is 1. The summed E-state index contributed by atoms with van der Waals surface area (Å²) >= 11 is 0. The molecule has 0 aromatic carbocycles. The number of hydrogen-bond acceptors (Lipinski definition) is 3. The molecule has 0 rings (SSSR count). The zero-order chi connectivity index (χ0) is 14.8. The van der Waals surface area contributed by atoms with Gasteiger partial charge in [0.2, 0.25) is 0 Å². The lowest BCUT2D eigenvalue weighted by Gasteiger charge is -2.22. The molecule has 18 heavy (non-hydrogen) atoms. The van der Waals surface area contributed by atoms with E-state index in [-0.39, 0.29) is 5.78 Å². The Morgan fingerprint density at radius 2 is 1.56 bits per heavy atom. The Balaban J connectivity index is 0. The molecule has 0 amide bonds. The summed E-state index contributed by atoms with van der Waals surface area (Å²) < 4.78 is 5.09. The fourth-order valence-electron chi connectivity index (χ4n) is 1.24. The topological polar surface area (TPSA) is 43.4 Å². The van der Waals surface area contributed by atoms with Gasteiger partial charge < -0.3 is 4.74 Å². The van der Waals surface area contributed by atoms with Gasteiger partial charge in [0.25, 0.3) is 0 Å². The fraction of sp³-hybridized carbons (Fsp3) is 0.857. The SMILES string of the molecule is CCC(C(C)=O)C(=O)OC(C)(C)C.CCPCC. The number of esters is 1. The third kappa shape index (κ3) is 12.0. The van der Waals surface area contributed by atoms with E-state index in [1.54, 1.807) is 27.7 Å². The largest absolute Gasteiger partial charge is 0.459 e. The number of carbonyl (C=O) groups is 2. The van der Waals surface area contributed by atoms with Crippen molar-refractivity contribution in [3.8, 4) is 0 Å². The van der Waals surface area contributed by atoms with Crippen molar-refractivity contribution in [3.05, 3.63) is 0 Å². The molecule has 1 atom stereocenters. The Morgan fingerprint density at radius 3 is 1.72 bits per heavy atom. The summed E-state index contributed by atoms with van der Waals surface area (Å²) in [5, 5.41) is 0. The van der Waals surface area contributed by atoms with E-state index in [1.165, 1.54) is 27.8 Å². The molecule has 0 aromatic heterocycles. The van der Waals surface area contributed by atoms with Crippen molar-refractivity contribution in [3.63, 3.8) is 0 Å². The van der Waals surface area contributed by atoms with Gasteiger partial charge in [-0.15, -0.1) is 8.58 Å². The van der Waals surface area contributed by atoms with Crippen LogP contribution in [-0.4, -0.2) is 29.7 Å². The maximum Gasteiger partial charge on any atom is 0.316 e. The number of ether oxygens (including phenoxy) is 1. The van der Waals surface area contributed by atoms with Crippen LogP contribution in [0.15, 0.2) is 0 Å². The van der Waals surface area contributed by atoms with Gasteiger partial charge in [-0.05, 0) is 46.4 Å². The molecular formula is C14H29O3P.